The van der Waals surface area contributed by atoms with E-state index in [4.69, 9.17) is 23.2 Å². The molecule has 146 valence electrons. The Morgan fingerprint density at radius 1 is 1.18 bits per heavy atom. The van der Waals surface area contributed by atoms with Crippen LogP contribution in [-0.4, -0.2) is 20.7 Å². The molecular formula is C20H19Cl2N3O2S. The monoisotopic (exact) mass is 435 g/mol. The largest absolute Gasteiger partial charge is 0.349 e. The minimum Gasteiger partial charge on any atom is -0.349 e. The first-order valence-corrected chi connectivity index (χ1v) is 10.3. The normalized spacial score (nSPS) is 13.3. The summed E-state index contributed by atoms with van der Waals surface area (Å²) < 4.78 is 1.47. The number of hydrogen-bond acceptors (Lipinski definition) is 4. The van der Waals surface area contributed by atoms with Crippen molar-refractivity contribution >= 4 is 51.8 Å². The molecule has 0 aliphatic carbocycles. The van der Waals surface area contributed by atoms with Gasteiger partial charge in [0, 0.05) is 17.1 Å². The van der Waals surface area contributed by atoms with Crippen LogP contribution in [0.4, 0.5) is 0 Å². The summed E-state index contributed by atoms with van der Waals surface area (Å²) in [7, 11) is 1.66. The van der Waals surface area contributed by atoms with E-state index < -0.39 is 5.25 Å². The molecule has 3 rings (SSSR count). The smallest absolute Gasteiger partial charge is 0.261 e. The number of halogens is 2. The number of amides is 1. The molecule has 0 spiro atoms. The van der Waals surface area contributed by atoms with E-state index in [0.29, 0.717) is 26.1 Å². The van der Waals surface area contributed by atoms with Gasteiger partial charge in [-0.15, -0.1) is 0 Å². The maximum Gasteiger partial charge on any atom is 0.261 e. The number of rotatable bonds is 5. The van der Waals surface area contributed by atoms with E-state index in [1.165, 1.54) is 16.3 Å². The molecule has 8 heteroatoms. The van der Waals surface area contributed by atoms with E-state index in [1.807, 2.05) is 13.0 Å². The Labute approximate surface area is 177 Å². The third-order valence-electron chi connectivity index (χ3n) is 4.38. The van der Waals surface area contributed by atoms with Gasteiger partial charge in [0.15, 0.2) is 5.16 Å². The van der Waals surface area contributed by atoms with Gasteiger partial charge in [-0.25, -0.2) is 4.98 Å². The Balaban J connectivity index is 1.76. The molecule has 0 aliphatic rings. The number of thioether (sulfide) groups is 1. The molecule has 2 unspecified atom stereocenters. The summed E-state index contributed by atoms with van der Waals surface area (Å²) in [5.74, 6) is -0.175. The summed E-state index contributed by atoms with van der Waals surface area (Å²) in [4.78, 5) is 29.7. The molecule has 1 heterocycles. The van der Waals surface area contributed by atoms with Gasteiger partial charge in [0.25, 0.3) is 5.56 Å². The molecule has 1 amide bonds. The van der Waals surface area contributed by atoms with Crippen molar-refractivity contribution in [3.63, 3.8) is 0 Å². The van der Waals surface area contributed by atoms with Gasteiger partial charge in [-0.05, 0) is 43.7 Å². The van der Waals surface area contributed by atoms with Gasteiger partial charge in [-0.2, -0.15) is 0 Å². The Bertz CT molecular complexity index is 1100. The van der Waals surface area contributed by atoms with Gasteiger partial charge in [0.1, 0.15) is 0 Å². The lowest BCUT2D eigenvalue weighted by Gasteiger charge is -2.19. The SMILES string of the molecule is CC(Sc1nc2ccccc2c(=O)n1C)C(=O)NC(C)c1ccc(Cl)cc1Cl. The van der Waals surface area contributed by atoms with E-state index in [1.54, 1.807) is 50.4 Å². The fraction of sp³-hybridized carbons (Fsp3) is 0.250. The number of fused-ring (bicyclic) bond motifs is 1. The zero-order chi connectivity index (χ0) is 20.4. The lowest BCUT2D eigenvalue weighted by atomic mass is 10.1. The highest BCUT2D eigenvalue weighted by atomic mass is 35.5. The van der Waals surface area contributed by atoms with Gasteiger partial charge in [-0.1, -0.05) is 53.2 Å². The average molecular weight is 436 g/mol. The molecule has 0 saturated carbocycles. The number of nitrogens with zero attached hydrogens (tertiary/aromatic N) is 2. The maximum atomic E-state index is 12.7. The van der Waals surface area contributed by atoms with Crippen LogP contribution in [0.25, 0.3) is 10.9 Å². The first-order chi connectivity index (χ1) is 13.3. The number of carbonyl (C=O) groups is 1. The summed E-state index contributed by atoms with van der Waals surface area (Å²) in [5.41, 5.74) is 1.26. The van der Waals surface area contributed by atoms with Crippen LogP contribution in [-0.2, 0) is 11.8 Å². The minimum absolute atomic E-state index is 0.137. The Hall–Kier alpha value is -2.02. The summed E-state index contributed by atoms with van der Waals surface area (Å²) in [6.45, 7) is 3.63. The second-order valence-corrected chi connectivity index (χ2v) is 8.58. The lowest BCUT2D eigenvalue weighted by molar-refractivity contribution is -0.120. The molecule has 2 aromatic carbocycles. The van der Waals surface area contributed by atoms with Gasteiger partial charge < -0.3 is 5.32 Å². The van der Waals surface area contributed by atoms with Crippen molar-refractivity contribution in [3.8, 4) is 0 Å². The van der Waals surface area contributed by atoms with Crippen LogP contribution in [0.5, 0.6) is 0 Å². The maximum absolute atomic E-state index is 12.7. The summed E-state index contributed by atoms with van der Waals surface area (Å²) >= 11 is 13.4. The lowest BCUT2D eigenvalue weighted by Crippen LogP contribution is -2.33. The highest BCUT2D eigenvalue weighted by Gasteiger charge is 2.21. The van der Waals surface area contributed by atoms with Crippen LogP contribution in [0.15, 0.2) is 52.4 Å². The van der Waals surface area contributed by atoms with Crippen molar-refractivity contribution in [2.75, 3.05) is 0 Å². The zero-order valence-electron chi connectivity index (χ0n) is 15.6. The van der Waals surface area contributed by atoms with Crippen molar-refractivity contribution in [3.05, 3.63) is 68.4 Å². The van der Waals surface area contributed by atoms with E-state index >= 15 is 0 Å². The van der Waals surface area contributed by atoms with Crippen LogP contribution < -0.4 is 10.9 Å². The Morgan fingerprint density at radius 3 is 2.61 bits per heavy atom. The second kappa shape index (κ2) is 8.55. The van der Waals surface area contributed by atoms with Crippen LogP contribution in [0.1, 0.15) is 25.5 Å². The van der Waals surface area contributed by atoms with Crippen LogP contribution >= 0.6 is 35.0 Å². The predicted molar refractivity (Wildman–Crippen MR) is 115 cm³/mol. The molecule has 1 N–H and O–H groups in total. The standard InChI is InChI=1S/C20H19Cl2N3O2S/c1-11(14-9-8-13(21)10-16(14)22)23-18(26)12(2)28-20-24-17-7-5-4-6-15(17)19(27)25(20)3/h4-12H,1-3H3,(H,23,26). The van der Waals surface area contributed by atoms with Crippen LogP contribution in [0, 0.1) is 0 Å². The van der Waals surface area contributed by atoms with E-state index in [-0.39, 0.29) is 17.5 Å². The molecule has 0 bridgehead atoms. The number of benzene rings is 2. The number of nitrogens with one attached hydrogen (secondary N) is 1. The molecule has 3 aromatic rings. The number of hydrogen-bond donors (Lipinski definition) is 1. The molecule has 0 fully saturated rings. The van der Waals surface area contributed by atoms with Crippen molar-refractivity contribution in [2.24, 2.45) is 7.05 Å². The summed E-state index contributed by atoms with van der Waals surface area (Å²) in [5, 5.41) is 4.58. The van der Waals surface area contributed by atoms with Gasteiger partial charge in [-0.3, -0.25) is 14.2 Å². The van der Waals surface area contributed by atoms with Gasteiger partial charge in [0.05, 0.1) is 22.2 Å². The van der Waals surface area contributed by atoms with Crippen LogP contribution in [0.2, 0.25) is 10.0 Å². The summed E-state index contributed by atoms with van der Waals surface area (Å²) in [6.07, 6.45) is 0. The molecule has 0 saturated heterocycles. The molecule has 28 heavy (non-hydrogen) atoms. The highest BCUT2D eigenvalue weighted by Crippen LogP contribution is 2.27. The second-order valence-electron chi connectivity index (χ2n) is 6.43. The Kier molecular flexibility index (Phi) is 6.33. The fourth-order valence-corrected chi connectivity index (χ4v) is 4.23. The number of aromatic nitrogens is 2. The molecule has 2 atom stereocenters. The first kappa shape index (κ1) is 20.7. The zero-order valence-corrected chi connectivity index (χ0v) is 17.9. The molecule has 0 aliphatic heterocycles. The third kappa shape index (κ3) is 4.35. The van der Waals surface area contributed by atoms with Gasteiger partial charge >= 0.3 is 0 Å². The van der Waals surface area contributed by atoms with E-state index in [9.17, 15) is 9.59 Å². The molecule has 1 aromatic heterocycles. The topological polar surface area (TPSA) is 64.0 Å². The molecular weight excluding hydrogens is 417 g/mol. The third-order valence-corrected chi connectivity index (χ3v) is 6.09. The predicted octanol–water partition coefficient (Wildman–Crippen LogP) is 4.60. The minimum atomic E-state index is -0.451. The van der Waals surface area contributed by atoms with Crippen molar-refractivity contribution < 1.29 is 4.79 Å². The summed E-state index contributed by atoms with van der Waals surface area (Å²) in [6, 6.07) is 12.1. The van der Waals surface area contributed by atoms with Crippen molar-refractivity contribution in [1.29, 1.82) is 0 Å². The van der Waals surface area contributed by atoms with Crippen molar-refractivity contribution in [2.45, 2.75) is 30.3 Å². The Morgan fingerprint density at radius 2 is 1.89 bits per heavy atom. The average Bonchev–Trinajstić information content (AvgIpc) is 2.65. The van der Waals surface area contributed by atoms with E-state index in [2.05, 4.69) is 10.3 Å². The first-order valence-electron chi connectivity index (χ1n) is 8.65. The highest BCUT2D eigenvalue weighted by molar-refractivity contribution is 8.00. The molecule has 5 nitrogen and oxygen atoms in total. The van der Waals surface area contributed by atoms with E-state index in [0.717, 1.165) is 5.56 Å². The van der Waals surface area contributed by atoms with Crippen LogP contribution in [0.3, 0.4) is 0 Å². The fourth-order valence-electron chi connectivity index (χ4n) is 2.78. The quantitative estimate of drug-likeness (QED) is 0.469. The number of carbonyl (C=O) groups excluding carboxylic acids is 1. The molecule has 0 radical (unpaired) electrons. The number of para-hydroxylation sites is 1. The van der Waals surface area contributed by atoms with Crippen molar-refractivity contribution in [1.82, 2.24) is 14.9 Å². The van der Waals surface area contributed by atoms with Gasteiger partial charge in [0.2, 0.25) is 5.91 Å².